The van der Waals surface area contributed by atoms with Gasteiger partial charge in [-0.15, -0.1) is 0 Å². The number of hydrogen-bond acceptors (Lipinski definition) is 4. The summed E-state index contributed by atoms with van der Waals surface area (Å²) in [6.07, 6.45) is 3.74. The van der Waals surface area contributed by atoms with Gasteiger partial charge >= 0.3 is 0 Å². The first-order valence-electron chi connectivity index (χ1n) is 6.58. The van der Waals surface area contributed by atoms with Gasteiger partial charge < -0.3 is 0 Å². The molecule has 0 saturated carbocycles. The van der Waals surface area contributed by atoms with E-state index in [1.54, 1.807) is 11.8 Å². The van der Waals surface area contributed by atoms with E-state index in [-0.39, 0.29) is 20.2 Å². The first kappa shape index (κ1) is 18.3. The quantitative estimate of drug-likeness (QED) is 0.821. The minimum atomic E-state index is -3.63. The van der Waals surface area contributed by atoms with Crippen molar-refractivity contribution in [2.24, 2.45) is 0 Å². The summed E-state index contributed by atoms with van der Waals surface area (Å²) >= 11 is 7.56. The zero-order chi connectivity index (χ0) is 16.1. The van der Waals surface area contributed by atoms with Crippen molar-refractivity contribution >= 4 is 33.4 Å². The highest BCUT2D eigenvalue weighted by Crippen LogP contribution is 2.30. The van der Waals surface area contributed by atoms with E-state index < -0.39 is 10.0 Å². The van der Waals surface area contributed by atoms with Crippen LogP contribution in [-0.2, 0) is 10.0 Å². The average molecular weight is 347 g/mol. The molecule has 0 unspecified atom stereocenters. The van der Waals surface area contributed by atoms with Crippen molar-refractivity contribution < 1.29 is 8.42 Å². The van der Waals surface area contributed by atoms with Crippen molar-refractivity contribution in [3.05, 3.63) is 28.8 Å². The Kier molecular flexibility index (Phi) is 6.54. The molecule has 116 valence electrons. The van der Waals surface area contributed by atoms with Crippen LogP contribution in [0.5, 0.6) is 0 Å². The van der Waals surface area contributed by atoms with Crippen LogP contribution >= 0.6 is 23.4 Å². The Morgan fingerprint density at radius 2 is 2.00 bits per heavy atom. The van der Waals surface area contributed by atoms with E-state index in [4.69, 9.17) is 16.9 Å². The van der Waals surface area contributed by atoms with E-state index in [0.29, 0.717) is 6.54 Å². The normalized spacial score (nSPS) is 12.1. The maximum absolute atomic E-state index is 12.3. The summed E-state index contributed by atoms with van der Waals surface area (Å²) in [5.41, 5.74) is 0.260. The Hall–Kier alpha value is -0.740. The number of hydrogen-bond donors (Lipinski definition) is 1. The summed E-state index contributed by atoms with van der Waals surface area (Å²) < 4.78 is 27.2. The first-order chi connectivity index (χ1) is 9.84. The predicted octanol–water partition coefficient (Wildman–Crippen LogP) is 3.41. The summed E-state index contributed by atoms with van der Waals surface area (Å²) in [7, 11) is -3.63. The van der Waals surface area contributed by atoms with Gasteiger partial charge in [-0.05, 0) is 37.3 Å². The number of nitrogens with one attached hydrogen (secondary N) is 1. The number of rotatable bonds is 7. The van der Waals surface area contributed by atoms with Gasteiger partial charge in [-0.1, -0.05) is 25.4 Å². The summed E-state index contributed by atoms with van der Waals surface area (Å²) in [4.78, 5) is 0.0775. The number of nitrogens with zero attached hydrogens (tertiary/aromatic N) is 1. The van der Waals surface area contributed by atoms with Crippen LogP contribution < -0.4 is 4.72 Å². The molecule has 0 fully saturated rings. The maximum Gasteiger partial charge on any atom is 0.240 e. The molecule has 1 aromatic rings. The zero-order valence-electron chi connectivity index (χ0n) is 12.3. The van der Waals surface area contributed by atoms with Crippen molar-refractivity contribution in [1.82, 2.24) is 4.72 Å². The van der Waals surface area contributed by atoms with E-state index in [2.05, 4.69) is 4.72 Å². The van der Waals surface area contributed by atoms with Gasteiger partial charge in [0.1, 0.15) is 6.07 Å². The molecule has 7 heteroatoms. The standard InChI is InChI=1S/C14H19ClN2O2S2/c1-4-14(5-2,20-3)10-17-21(18,19)12-7-6-11(9-16)13(15)8-12/h6-8,17H,4-5,10H2,1-3H3. The molecule has 0 aliphatic rings. The van der Waals surface area contributed by atoms with Crippen LogP contribution in [0.1, 0.15) is 32.3 Å². The highest BCUT2D eigenvalue weighted by atomic mass is 35.5. The fourth-order valence-electron chi connectivity index (χ4n) is 1.92. The van der Waals surface area contributed by atoms with Crippen LogP contribution in [-0.4, -0.2) is 26.0 Å². The lowest BCUT2D eigenvalue weighted by Gasteiger charge is -2.29. The second kappa shape index (κ2) is 7.50. The maximum atomic E-state index is 12.3. The number of thioether (sulfide) groups is 1. The van der Waals surface area contributed by atoms with Crippen molar-refractivity contribution in [2.75, 3.05) is 12.8 Å². The van der Waals surface area contributed by atoms with Crippen molar-refractivity contribution in [1.29, 1.82) is 5.26 Å². The van der Waals surface area contributed by atoms with Gasteiger partial charge in [-0.25, -0.2) is 13.1 Å². The molecule has 0 amide bonds. The number of benzene rings is 1. The van der Waals surface area contributed by atoms with E-state index in [0.717, 1.165) is 12.8 Å². The van der Waals surface area contributed by atoms with Crippen LogP contribution in [0.25, 0.3) is 0 Å². The topological polar surface area (TPSA) is 70.0 Å². The Balaban J connectivity index is 2.97. The Bertz CT molecular complexity index is 627. The smallest absolute Gasteiger partial charge is 0.210 e. The molecule has 0 radical (unpaired) electrons. The molecule has 1 aromatic carbocycles. The third kappa shape index (κ3) is 4.36. The lowest BCUT2D eigenvalue weighted by molar-refractivity contribution is 0.522. The van der Waals surface area contributed by atoms with E-state index >= 15 is 0 Å². The Labute approximate surface area is 135 Å². The fraction of sp³-hybridized carbons (Fsp3) is 0.500. The van der Waals surface area contributed by atoms with Crippen molar-refractivity contribution in [3.63, 3.8) is 0 Å². The predicted molar refractivity (Wildman–Crippen MR) is 88.2 cm³/mol. The molecule has 0 atom stereocenters. The van der Waals surface area contributed by atoms with Crippen LogP contribution in [0.15, 0.2) is 23.1 Å². The molecule has 0 spiro atoms. The minimum absolute atomic E-state index is 0.0775. The van der Waals surface area contributed by atoms with Crippen LogP contribution in [0, 0.1) is 11.3 Å². The second-order valence-electron chi connectivity index (χ2n) is 4.67. The Morgan fingerprint density at radius 3 is 2.43 bits per heavy atom. The summed E-state index contributed by atoms with van der Waals surface area (Å²) in [6.45, 7) is 4.46. The second-order valence-corrected chi connectivity index (χ2v) is 8.12. The SMILES string of the molecule is CCC(CC)(CNS(=O)(=O)c1ccc(C#N)c(Cl)c1)SC. The fourth-order valence-corrected chi connectivity index (χ4v) is 4.25. The molecule has 0 saturated heterocycles. The molecule has 0 aliphatic carbocycles. The molecule has 0 aromatic heterocycles. The van der Waals surface area contributed by atoms with E-state index in [9.17, 15) is 8.42 Å². The largest absolute Gasteiger partial charge is 0.240 e. The van der Waals surface area contributed by atoms with E-state index in [1.807, 2.05) is 26.2 Å². The molecular weight excluding hydrogens is 328 g/mol. The highest BCUT2D eigenvalue weighted by molar-refractivity contribution is 8.00. The van der Waals surface area contributed by atoms with Crippen LogP contribution in [0.4, 0.5) is 0 Å². The molecule has 1 N–H and O–H groups in total. The molecule has 21 heavy (non-hydrogen) atoms. The van der Waals surface area contributed by atoms with Gasteiger partial charge in [-0.2, -0.15) is 17.0 Å². The average Bonchev–Trinajstić information content (AvgIpc) is 2.49. The Morgan fingerprint density at radius 1 is 1.38 bits per heavy atom. The minimum Gasteiger partial charge on any atom is -0.210 e. The van der Waals surface area contributed by atoms with Gasteiger partial charge in [0.2, 0.25) is 10.0 Å². The first-order valence-corrected chi connectivity index (χ1v) is 9.67. The third-order valence-corrected chi connectivity index (χ3v) is 6.98. The number of nitriles is 1. The van der Waals surface area contributed by atoms with Gasteiger partial charge in [0.25, 0.3) is 0 Å². The lowest BCUT2D eigenvalue weighted by atomic mass is 10.0. The zero-order valence-corrected chi connectivity index (χ0v) is 14.7. The summed E-state index contributed by atoms with van der Waals surface area (Å²) in [5.74, 6) is 0. The molecule has 0 aliphatic heterocycles. The third-order valence-electron chi connectivity index (χ3n) is 3.68. The van der Waals surface area contributed by atoms with Gasteiger partial charge in [0.05, 0.1) is 15.5 Å². The summed E-state index contributed by atoms with van der Waals surface area (Å²) in [6, 6.07) is 6.02. The van der Waals surface area contributed by atoms with Gasteiger partial charge in [0, 0.05) is 11.3 Å². The number of halogens is 1. The van der Waals surface area contributed by atoms with E-state index in [1.165, 1.54) is 18.2 Å². The summed E-state index contributed by atoms with van der Waals surface area (Å²) in [5, 5.41) is 8.96. The molecular formula is C14H19ClN2O2S2. The van der Waals surface area contributed by atoms with Crippen LogP contribution in [0.2, 0.25) is 5.02 Å². The van der Waals surface area contributed by atoms with Crippen LogP contribution in [0.3, 0.4) is 0 Å². The monoisotopic (exact) mass is 346 g/mol. The van der Waals surface area contributed by atoms with Crippen molar-refractivity contribution in [3.8, 4) is 6.07 Å². The number of sulfonamides is 1. The van der Waals surface area contributed by atoms with Gasteiger partial charge in [-0.3, -0.25) is 0 Å². The molecule has 1 rings (SSSR count). The lowest BCUT2D eigenvalue weighted by Crippen LogP contribution is -2.39. The molecule has 4 nitrogen and oxygen atoms in total. The molecule has 0 heterocycles. The van der Waals surface area contributed by atoms with Crippen molar-refractivity contribution in [2.45, 2.75) is 36.3 Å². The molecule has 0 bridgehead atoms. The highest BCUT2D eigenvalue weighted by Gasteiger charge is 2.27. The van der Waals surface area contributed by atoms with Gasteiger partial charge in [0.15, 0.2) is 0 Å².